The summed E-state index contributed by atoms with van der Waals surface area (Å²) < 4.78 is 25.0. The molecule has 0 aliphatic heterocycles. The molecule has 9 nitrogen and oxygen atoms in total. The standard InChI is InChI=1S/C29H23Br2N3O6/c1-4-38-29(36)16(2)39-26-21(31)11-17(12-24(26)37-3)15-32-34-27(33-22-8-6-5-7-20(22)28(34)35)25-14-18-13-19(30)9-10-23(18)40-25/h5-16H,4H2,1-3H3/t16-/m0/s1. The van der Waals surface area contributed by atoms with Crippen LogP contribution >= 0.6 is 31.9 Å². The molecule has 11 heteroatoms. The van der Waals surface area contributed by atoms with E-state index in [0.717, 1.165) is 9.86 Å². The maximum Gasteiger partial charge on any atom is 0.347 e. The van der Waals surface area contributed by atoms with Crippen LogP contribution in [0, 0.1) is 0 Å². The summed E-state index contributed by atoms with van der Waals surface area (Å²) in [6.45, 7) is 3.57. The predicted octanol–water partition coefficient (Wildman–Crippen LogP) is 6.56. The first kappa shape index (κ1) is 27.6. The van der Waals surface area contributed by atoms with Crippen LogP contribution in [0.15, 0.2) is 83.9 Å². The van der Waals surface area contributed by atoms with Gasteiger partial charge >= 0.3 is 5.97 Å². The van der Waals surface area contributed by atoms with Crippen molar-refractivity contribution in [1.82, 2.24) is 9.66 Å². The third kappa shape index (κ3) is 5.52. The minimum Gasteiger partial charge on any atom is -0.493 e. The smallest absolute Gasteiger partial charge is 0.347 e. The van der Waals surface area contributed by atoms with Crippen molar-refractivity contribution in [3.63, 3.8) is 0 Å². The van der Waals surface area contributed by atoms with Gasteiger partial charge in [0.25, 0.3) is 5.56 Å². The summed E-state index contributed by atoms with van der Waals surface area (Å²) >= 11 is 6.96. The second kappa shape index (κ2) is 11.6. The average Bonchev–Trinajstić information content (AvgIpc) is 3.36. The summed E-state index contributed by atoms with van der Waals surface area (Å²) in [5.74, 6) is 0.846. The fourth-order valence-electron chi connectivity index (χ4n) is 4.05. The first-order valence-corrected chi connectivity index (χ1v) is 13.8. The molecule has 0 amide bonds. The van der Waals surface area contributed by atoms with Crippen molar-refractivity contribution in [2.45, 2.75) is 20.0 Å². The number of aromatic nitrogens is 2. The van der Waals surface area contributed by atoms with Crippen molar-refractivity contribution >= 4 is 65.9 Å². The van der Waals surface area contributed by atoms with Gasteiger partial charge in [-0.05, 0) is 83.9 Å². The fourth-order valence-corrected chi connectivity index (χ4v) is 4.98. The number of para-hydroxylation sites is 1. The lowest BCUT2D eigenvalue weighted by atomic mass is 10.2. The van der Waals surface area contributed by atoms with Crippen LogP contribution in [0.25, 0.3) is 33.5 Å². The molecule has 0 radical (unpaired) electrons. The van der Waals surface area contributed by atoms with Gasteiger partial charge < -0.3 is 18.6 Å². The Kier molecular flexibility index (Phi) is 8.04. The molecule has 0 aliphatic rings. The van der Waals surface area contributed by atoms with Gasteiger partial charge in [-0.2, -0.15) is 9.78 Å². The van der Waals surface area contributed by atoms with Gasteiger partial charge in [-0.3, -0.25) is 4.79 Å². The molecule has 0 spiro atoms. The van der Waals surface area contributed by atoms with E-state index >= 15 is 0 Å². The minimum atomic E-state index is -0.848. The van der Waals surface area contributed by atoms with E-state index in [2.05, 4.69) is 37.0 Å². The quantitative estimate of drug-likeness (QED) is 0.136. The van der Waals surface area contributed by atoms with Crippen LogP contribution < -0.4 is 15.0 Å². The number of nitrogens with zero attached hydrogens (tertiary/aromatic N) is 3. The Morgan fingerprint density at radius 1 is 1.15 bits per heavy atom. The summed E-state index contributed by atoms with van der Waals surface area (Å²) in [4.78, 5) is 30.3. The van der Waals surface area contributed by atoms with Gasteiger partial charge in [-0.15, -0.1) is 0 Å². The van der Waals surface area contributed by atoms with Crippen LogP contribution in [0.2, 0.25) is 0 Å². The second-order valence-corrected chi connectivity index (χ2v) is 10.4. The highest BCUT2D eigenvalue weighted by molar-refractivity contribution is 9.10. The van der Waals surface area contributed by atoms with Crippen LogP contribution in [0.4, 0.5) is 0 Å². The number of carbonyl (C=O) groups is 1. The third-order valence-electron chi connectivity index (χ3n) is 5.94. The van der Waals surface area contributed by atoms with Crippen molar-refractivity contribution in [1.29, 1.82) is 0 Å². The molecule has 5 aromatic rings. The van der Waals surface area contributed by atoms with E-state index < -0.39 is 12.1 Å². The molecule has 0 fully saturated rings. The number of halogens is 2. The van der Waals surface area contributed by atoms with E-state index in [1.54, 1.807) is 44.2 Å². The molecule has 0 unspecified atom stereocenters. The highest BCUT2D eigenvalue weighted by Gasteiger charge is 2.21. The van der Waals surface area contributed by atoms with Crippen molar-refractivity contribution in [3.8, 4) is 23.1 Å². The number of carbonyl (C=O) groups excluding carboxylic acids is 1. The molecule has 2 heterocycles. The number of hydrogen-bond acceptors (Lipinski definition) is 8. The van der Waals surface area contributed by atoms with Crippen LogP contribution in [0.3, 0.4) is 0 Å². The molecule has 0 N–H and O–H groups in total. The van der Waals surface area contributed by atoms with Crippen LogP contribution in [-0.4, -0.2) is 41.7 Å². The number of hydrogen-bond donors (Lipinski definition) is 0. The normalized spacial score (nSPS) is 12.2. The molecule has 0 saturated heterocycles. The highest BCUT2D eigenvalue weighted by atomic mass is 79.9. The van der Waals surface area contributed by atoms with Crippen molar-refractivity contribution < 1.29 is 23.4 Å². The van der Waals surface area contributed by atoms with Crippen molar-refractivity contribution in [3.05, 3.63) is 85.5 Å². The zero-order chi connectivity index (χ0) is 28.4. The van der Waals surface area contributed by atoms with Crippen LogP contribution in [0.5, 0.6) is 11.5 Å². The second-order valence-electron chi connectivity index (χ2n) is 8.65. The summed E-state index contributed by atoms with van der Waals surface area (Å²) in [5, 5.41) is 5.77. The number of esters is 1. The SMILES string of the molecule is CCOC(=O)[C@H](C)Oc1c(Br)cc(C=Nn2c(-c3cc4cc(Br)ccc4o3)nc3ccccc3c2=O)cc1OC. The Morgan fingerprint density at radius 2 is 1.95 bits per heavy atom. The van der Waals surface area contributed by atoms with Crippen molar-refractivity contribution in [2.24, 2.45) is 5.10 Å². The van der Waals surface area contributed by atoms with Gasteiger partial charge in [-0.1, -0.05) is 28.1 Å². The topological polar surface area (TPSA) is 105 Å². The molecule has 5 rings (SSSR count). The largest absolute Gasteiger partial charge is 0.493 e. The van der Waals surface area contributed by atoms with Crippen LogP contribution in [0.1, 0.15) is 19.4 Å². The molecule has 0 aliphatic carbocycles. The van der Waals surface area contributed by atoms with E-state index in [-0.39, 0.29) is 18.0 Å². The van der Waals surface area contributed by atoms with E-state index in [1.165, 1.54) is 18.0 Å². The maximum atomic E-state index is 13.6. The van der Waals surface area contributed by atoms with Gasteiger partial charge in [0.2, 0.25) is 5.82 Å². The van der Waals surface area contributed by atoms with Gasteiger partial charge in [0, 0.05) is 9.86 Å². The first-order chi connectivity index (χ1) is 19.3. The Hall–Kier alpha value is -3.96. The van der Waals surface area contributed by atoms with Crippen LogP contribution in [-0.2, 0) is 9.53 Å². The number of methoxy groups -OCH3 is 1. The Morgan fingerprint density at radius 3 is 2.73 bits per heavy atom. The Labute approximate surface area is 245 Å². The molecule has 204 valence electrons. The Bertz CT molecular complexity index is 1830. The minimum absolute atomic E-state index is 0.247. The number of fused-ring (bicyclic) bond motifs is 2. The molecular formula is C29H23Br2N3O6. The molecule has 3 aromatic carbocycles. The zero-order valence-corrected chi connectivity index (χ0v) is 24.9. The van der Waals surface area contributed by atoms with Gasteiger partial charge in [0.05, 0.1) is 35.3 Å². The summed E-state index contributed by atoms with van der Waals surface area (Å²) in [5.41, 5.74) is 1.42. The van der Waals surface area contributed by atoms with Crippen molar-refractivity contribution in [2.75, 3.05) is 13.7 Å². The van der Waals surface area contributed by atoms with E-state index in [4.69, 9.17) is 23.6 Å². The molecular weight excluding hydrogens is 646 g/mol. The maximum absolute atomic E-state index is 13.6. The lowest BCUT2D eigenvalue weighted by Crippen LogP contribution is -2.26. The number of ether oxygens (including phenoxy) is 3. The Balaban J connectivity index is 1.58. The van der Waals surface area contributed by atoms with E-state index in [9.17, 15) is 9.59 Å². The monoisotopic (exact) mass is 667 g/mol. The summed E-state index contributed by atoms with van der Waals surface area (Å²) in [6, 6.07) is 17.9. The molecule has 0 bridgehead atoms. The number of rotatable bonds is 8. The average molecular weight is 669 g/mol. The summed E-state index contributed by atoms with van der Waals surface area (Å²) in [6.07, 6.45) is 0.658. The van der Waals surface area contributed by atoms with Gasteiger partial charge in [0.1, 0.15) is 5.58 Å². The van der Waals surface area contributed by atoms with Gasteiger partial charge in [-0.25, -0.2) is 9.78 Å². The molecule has 2 aromatic heterocycles. The number of benzene rings is 3. The zero-order valence-electron chi connectivity index (χ0n) is 21.7. The summed E-state index contributed by atoms with van der Waals surface area (Å²) in [7, 11) is 1.49. The highest BCUT2D eigenvalue weighted by Crippen LogP contribution is 2.37. The third-order valence-corrected chi connectivity index (χ3v) is 7.02. The van der Waals surface area contributed by atoms with E-state index in [0.29, 0.717) is 43.8 Å². The molecule has 0 saturated carbocycles. The van der Waals surface area contributed by atoms with E-state index in [1.807, 2.05) is 30.3 Å². The first-order valence-electron chi connectivity index (χ1n) is 12.3. The molecule has 1 atom stereocenters. The van der Waals surface area contributed by atoms with Gasteiger partial charge in [0.15, 0.2) is 23.4 Å². The predicted molar refractivity (Wildman–Crippen MR) is 159 cm³/mol. The molecule has 40 heavy (non-hydrogen) atoms. The lowest BCUT2D eigenvalue weighted by Gasteiger charge is -2.17. The number of furan rings is 1. The fraction of sp³-hybridized carbons (Fsp3) is 0.172. The lowest BCUT2D eigenvalue weighted by molar-refractivity contribution is -0.150.